The maximum atomic E-state index is 13.6. The van der Waals surface area contributed by atoms with E-state index in [1.54, 1.807) is 0 Å². The summed E-state index contributed by atoms with van der Waals surface area (Å²) >= 11 is 0. The zero-order valence-electron chi connectivity index (χ0n) is 23.8. The van der Waals surface area contributed by atoms with Crippen molar-refractivity contribution < 1.29 is 45.3 Å². The van der Waals surface area contributed by atoms with Crippen LogP contribution in [-0.4, -0.2) is 79.9 Å². The molecule has 3 aromatic rings. The van der Waals surface area contributed by atoms with E-state index in [0.29, 0.717) is 5.56 Å². The molecule has 1 saturated heterocycles. The minimum Gasteiger partial charge on any atom is -0.382 e. The average Bonchev–Trinajstić information content (AvgIpc) is 3.60. The topological polar surface area (TPSA) is 140 Å². The number of imidazole rings is 1. The van der Waals surface area contributed by atoms with Crippen LogP contribution < -0.4 is 10.6 Å². The fourth-order valence-corrected chi connectivity index (χ4v) is 4.56. The average molecular weight is 621 g/mol. The molecule has 4 rings (SSSR count). The van der Waals surface area contributed by atoms with Crippen LogP contribution in [0.5, 0.6) is 0 Å². The Bertz CT molecular complexity index is 1490. The number of carbonyl (C=O) groups excluding carboxylic acids is 2. The largest absolute Gasteiger partial charge is 0.413 e. The van der Waals surface area contributed by atoms with Crippen LogP contribution in [-0.2, 0) is 4.74 Å². The van der Waals surface area contributed by atoms with E-state index >= 15 is 0 Å². The van der Waals surface area contributed by atoms with E-state index < -0.39 is 53.9 Å². The number of aryl methyl sites for hydroxylation is 1. The number of methoxy groups -OCH3 is 1. The molecule has 43 heavy (non-hydrogen) atoms. The SMILES string of the molecule is COCC(c1cnn2cc(C(CCC(C)(C)C(F)(F)F)NC(=O)c3nonc3C)nc2c1)N1CC(C)(C(F)(F)F)NC1=O. The summed E-state index contributed by atoms with van der Waals surface area (Å²) < 4.78 is 92.7. The van der Waals surface area contributed by atoms with Crippen molar-refractivity contribution in [1.82, 2.24) is 40.4 Å². The summed E-state index contributed by atoms with van der Waals surface area (Å²) in [6, 6.07) is -1.47. The van der Waals surface area contributed by atoms with Gasteiger partial charge in [0, 0.05) is 12.7 Å². The summed E-state index contributed by atoms with van der Waals surface area (Å²) in [5.74, 6) is -0.743. The first-order valence-electron chi connectivity index (χ1n) is 13.0. The number of alkyl halides is 6. The number of nitrogens with zero attached hydrogens (tertiary/aromatic N) is 6. The number of halogens is 6. The van der Waals surface area contributed by atoms with Gasteiger partial charge in [-0.2, -0.15) is 31.4 Å². The van der Waals surface area contributed by atoms with Gasteiger partial charge in [0.2, 0.25) is 0 Å². The molecule has 12 nitrogen and oxygen atoms in total. The number of aromatic nitrogens is 5. The third-order valence-corrected chi connectivity index (χ3v) is 7.56. The van der Waals surface area contributed by atoms with E-state index in [4.69, 9.17) is 4.74 Å². The summed E-state index contributed by atoms with van der Waals surface area (Å²) in [4.78, 5) is 30.9. The smallest absolute Gasteiger partial charge is 0.382 e. The molecule has 1 aliphatic heterocycles. The summed E-state index contributed by atoms with van der Waals surface area (Å²) in [6.45, 7) is 3.59. The number of carbonyl (C=O) groups is 2. The van der Waals surface area contributed by atoms with Crippen molar-refractivity contribution in [2.45, 2.75) is 70.5 Å². The van der Waals surface area contributed by atoms with Gasteiger partial charge in [0.1, 0.15) is 5.69 Å². The van der Waals surface area contributed by atoms with Crippen molar-refractivity contribution in [2.75, 3.05) is 20.3 Å². The van der Waals surface area contributed by atoms with E-state index in [0.717, 1.165) is 25.7 Å². The molecule has 3 unspecified atom stereocenters. The Morgan fingerprint density at radius 2 is 1.93 bits per heavy atom. The molecule has 3 atom stereocenters. The van der Waals surface area contributed by atoms with Gasteiger partial charge in [-0.3, -0.25) is 4.79 Å². The number of fused-ring (bicyclic) bond motifs is 1. The van der Waals surface area contributed by atoms with E-state index in [-0.39, 0.29) is 42.2 Å². The molecule has 2 N–H and O–H groups in total. The first kappa shape index (κ1) is 32.0. The first-order valence-corrected chi connectivity index (χ1v) is 13.0. The molecule has 1 fully saturated rings. The van der Waals surface area contributed by atoms with Crippen molar-refractivity contribution in [3.8, 4) is 0 Å². The lowest BCUT2D eigenvalue weighted by molar-refractivity contribution is -0.214. The van der Waals surface area contributed by atoms with Gasteiger partial charge in [0.05, 0.1) is 48.7 Å². The summed E-state index contributed by atoms with van der Waals surface area (Å²) in [6.07, 6.45) is -7.03. The third-order valence-electron chi connectivity index (χ3n) is 7.56. The molecular weight excluding hydrogens is 590 g/mol. The number of amides is 3. The second-order valence-corrected chi connectivity index (χ2v) is 11.3. The zero-order valence-corrected chi connectivity index (χ0v) is 23.8. The Morgan fingerprint density at radius 1 is 1.23 bits per heavy atom. The molecular formula is C25H30F6N8O4. The van der Waals surface area contributed by atoms with Crippen LogP contribution in [0.4, 0.5) is 31.1 Å². The molecule has 3 amide bonds. The predicted molar refractivity (Wildman–Crippen MR) is 136 cm³/mol. The normalized spacial score (nSPS) is 19.5. The number of hydrogen-bond acceptors (Lipinski definition) is 8. The van der Waals surface area contributed by atoms with Crippen LogP contribution in [0, 0.1) is 12.3 Å². The van der Waals surface area contributed by atoms with Crippen LogP contribution in [0.15, 0.2) is 23.1 Å². The van der Waals surface area contributed by atoms with Gasteiger partial charge in [-0.15, -0.1) is 0 Å². The maximum absolute atomic E-state index is 13.6. The number of ether oxygens (including phenoxy) is 1. The highest BCUT2D eigenvalue weighted by Crippen LogP contribution is 2.42. The second-order valence-electron chi connectivity index (χ2n) is 11.3. The van der Waals surface area contributed by atoms with Crippen molar-refractivity contribution in [3.05, 3.63) is 41.1 Å². The van der Waals surface area contributed by atoms with E-state index in [1.165, 1.54) is 37.0 Å². The van der Waals surface area contributed by atoms with Crippen molar-refractivity contribution >= 4 is 17.6 Å². The van der Waals surface area contributed by atoms with Crippen molar-refractivity contribution in [2.24, 2.45) is 5.41 Å². The fraction of sp³-hybridized carbons (Fsp3) is 0.600. The summed E-state index contributed by atoms with van der Waals surface area (Å²) in [5.41, 5.74) is -3.91. The number of rotatable bonds is 10. The van der Waals surface area contributed by atoms with Crippen molar-refractivity contribution in [1.29, 1.82) is 0 Å². The minimum absolute atomic E-state index is 0.151. The maximum Gasteiger partial charge on any atom is 0.413 e. The van der Waals surface area contributed by atoms with Crippen LogP contribution in [0.1, 0.15) is 73.1 Å². The van der Waals surface area contributed by atoms with Crippen LogP contribution in [0.2, 0.25) is 0 Å². The molecule has 18 heteroatoms. The highest BCUT2D eigenvalue weighted by Gasteiger charge is 2.58. The van der Waals surface area contributed by atoms with E-state index in [2.05, 4.69) is 30.3 Å². The molecule has 0 spiro atoms. The van der Waals surface area contributed by atoms with E-state index in [9.17, 15) is 35.9 Å². The molecule has 0 bridgehead atoms. The monoisotopic (exact) mass is 620 g/mol. The summed E-state index contributed by atoms with van der Waals surface area (Å²) in [5, 5.41) is 15.9. The molecule has 0 saturated carbocycles. The molecule has 4 heterocycles. The molecule has 0 radical (unpaired) electrons. The molecule has 236 valence electrons. The number of urea groups is 1. The Kier molecular flexibility index (Phi) is 8.38. The quantitative estimate of drug-likeness (QED) is 0.320. The van der Waals surface area contributed by atoms with Gasteiger partial charge in [0.25, 0.3) is 5.91 Å². The van der Waals surface area contributed by atoms with Gasteiger partial charge in [0.15, 0.2) is 16.9 Å². The Labute approximate surface area is 241 Å². The zero-order chi connectivity index (χ0) is 32.0. The molecule has 1 aliphatic rings. The lowest BCUT2D eigenvalue weighted by Crippen LogP contribution is -2.53. The molecule has 3 aromatic heterocycles. The van der Waals surface area contributed by atoms with Gasteiger partial charge in [-0.1, -0.05) is 19.0 Å². The highest BCUT2D eigenvalue weighted by molar-refractivity contribution is 5.93. The van der Waals surface area contributed by atoms with Gasteiger partial charge < -0.3 is 20.3 Å². The predicted octanol–water partition coefficient (Wildman–Crippen LogP) is 4.29. The fourth-order valence-electron chi connectivity index (χ4n) is 4.56. The number of nitrogens with one attached hydrogen (secondary N) is 2. The third kappa shape index (κ3) is 6.37. The van der Waals surface area contributed by atoms with Crippen LogP contribution >= 0.6 is 0 Å². The van der Waals surface area contributed by atoms with Crippen LogP contribution in [0.25, 0.3) is 5.65 Å². The first-order chi connectivity index (χ1) is 19.9. The minimum atomic E-state index is -4.71. The second kappa shape index (κ2) is 11.3. The van der Waals surface area contributed by atoms with E-state index in [1.807, 2.05) is 5.32 Å². The lowest BCUT2D eigenvalue weighted by Gasteiger charge is -2.29. The Balaban J connectivity index is 1.66. The lowest BCUT2D eigenvalue weighted by atomic mass is 9.85. The van der Waals surface area contributed by atoms with Crippen molar-refractivity contribution in [3.63, 3.8) is 0 Å². The molecule has 0 aliphatic carbocycles. The Hall–Kier alpha value is -3.96. The van der Waals surface area contributed by atoms with Gasteiger partial charge in [-0.25, -0.2) is 18.9 Å². The molecule has 0 aromatic carbocycles. The number of hydrogen-bond donors (Lipinski definition) is 2. The van der Waals surface area contributed by atoms with Gasteiger partial charge >= 0.3 is 18.4 Å². The Morgan fingerprint density at radius 3 is 2.49 bits per heavy atom. The highest BCUT2D eigenvalue weighted by atomic mass is 19.4. The summed E-state index contributed by atoms with van der Waals surface area (Å²) in [7, 11) is 1.32. The standard InChI is InChI=1S/C25H30F6N8O4/c1-13-19(37-43-36-13)20(40)34-15(6-7-22(2,3)24(26,27)28)16-10-39-18(33-16)8-14(9-32-39)17(11-42-5)38-12-23(4,25(29,30)31)35-21(38)41/h8-10,15,17H,6-7,11-12H2,1-5H3,(H,34,40)(H,35,41). The van der Waals surface area contributed by atoms with Crippen LogP contribution in [0.3, 0.4) is 0 Å². The van der Waals surface area contributed by atoms with Gasteiger partial charge in [-0.05, 0) is 37.9 Å².